The number of nitrogens with zero attached hydrogens (tertiary/aromatic N) is 4. The Labute approximate surface area is 171 Å². The minimum atomic E-state index is -0.204. The number of piperazine rings is 1. The largest absolute Gasteiger partial charge is 0.370 e. The van der Waals surface area contributed by atoms with Crippen LogP contribution in [0, 0.1) is 12.7 Å². The van der Waals surface area contributed by atoms with Crippen LogP contribution in [0.1, 0.15) is 11.3 Å². The summed E-state index contributed by atoms with van der Waals surface area (Å²) in [6.07, 6.45) is 0.814. The molecule has 0 spiro atoms. The Morgan fingerprint density at radius 1 is 0.897 bits per heavy atom. The first-order valence-corrected chi connectivity index (χ1v) is 10.1. The molecule has 150 valence electrons. The van der Waals surface area contributed by atoms with Gasteiger partial charge in [0, 0.05) is 50.2 Å². The molecule has 2 aromatic carbocycles. The molecule has 0 atom stereocenters. The molecule has 0 radical (unpaired) electrons. The average molecular weight is 391 g/mol. The summed E-state index contributed by atoms with van der Waals surface area (Å²) >= 11 is 0. The van der Waals surface area contributed by atoms with E-state index in [1.165, 1.54) is 17.8 Å². The van der Waals surface area contributed by atoms with Gasteiger partial charge >= 0.3 is 0 Å². The van der Waals surface area contributed by atoms with E-state index in [4.69, 9.17) is 4.98 Å². The number of rotatable bonds is 6. The maximum absolute atomic E-state index is 13.0. The molecule has 2 heterocycles. The van der Waals surface area contributed by atoms with Crippen molar-refractivity contribution in [2.45, 2.75) is 13.3 Å². The zero-order valence-corrected chi connectivity index (χ0v) is 16.7. The molecule has 1 saturated heterocycles. The van der Waals surface area contributed by atoms with Crippen LogP contribution < -0.4 is 15.1 Å². The van der Waals surface area contributed by atoms with Crippen LogP contribution in [0.4, 0.5) is 21.8 Å². The van der Waals surface area contributed by atoms with E-state index in [0.717, 1.165) is 62.2 Å². The van der Waals surface area contributed by atoms with E-state index in [0.29, 0.717) is 0 Å². The average Bonchev–Trinajstić information content (AvgIpc) is 2.75. The van der Waals surface area contributed by atoms with E-state index < -0.39 is 0 Å². The lowest BCUT2D eigenvalue weighted by molar-refractivity contribution is 0.627. The number of hydrogen-bond donors (Lipinski definition) is 1. The summed E-state index contributed by atoms with van der Waals surface area (Å²) in [5.41, 5.74) is 3.31. The molecule has 29 heavy (non-hydrogen) atoms. The summed E-state index contributed by atoms with van der Waals surface area (Å²) in [7, 11) is 0. The second-order valence-electron chi connectivity index (χ2n) is 7.31. The number of anilines is 3. The Morgan fingerprint density at radius 3 is 2.31 bits per heavy atom. The molecule has 1 N–H and O–H groups in total. The SMILES string of the molecule is Cc1cc(NCCc2ccc(F)cc2)nc(N2CCN(c3ccccc3)CC2)n1. The molecule has 1 aliphatic heterocycles. The third-order valence-corrected chi connectivity index (χ3v) is 5.16. The van der Waals surface area contributed by atoms with Crippen LogP contribution in [0.2, 0.25) is 0 Å². The Bertz CT molecular complexity index is 922. The van der Waals surface area contributed by atoms with Crippen molar-refractivity contribution in [1.29, 1.82) is 0 Å². The van der Waals surface area contributed by atoms with Gasteiger partial charge in [0.05, 0.1) is 0 Å². The second kappa shape index (κ2) is 8.90. The molecule has 1 aromatic heterocycles. The maximum Gasteiger partial charge on any atom is 0.227 e. The predicted octanol–water partition coefficient (Wildman–Crippen LogP) is 3.91. The molecule has 5 nitrogen and oxygen atoms in total. The zero-order valence-electron chi connectivity index (χ0n) is 16.7. The van der Waals surface area contributed by atoms with Crippen molar-refractivity contribution in [3.63, 3.8) is 0 Å². The second-order valence-corrected chi connectivity index (χ2v) is 7.31. The first kappa shape index (κ1) is 19.2. The van der Waals surface area contributed by atoms with Gasteiger partial charge in [0.1, 0.15) is 11.6 Å². The molecule has 3 aromatic rings. The molecule has 1 fully saturated rings. The van der Waals surface area contributed by atoms with Gasteiger partial charge in [0.2, 0.25) is 5.95 Å². The highest BCUT2D eigenvalue weighted by Gasteiger charge is 2.19. The summed E-state index contributed by atoms with van der Waals surface area (Å²) in [5.74, 6) is 1.41. The number of halogens is 1. The fourth-order valence-corrected chi connectivity index (χ4v) is 3.57. The molecule has 0 bridgehead atoms. The van der Waals surface area contributed by atoms with E-state index in [2.05, 4.69) is 44.4 Å². The number of hydrogen-bond acceptors (Lipinski definition) is 5. The Hall–Kier alpha value is -3.15. The molecule has 0 aliphatic carbocycles. The monoisotopic (exact) mass is 391 g/mol. The van der Waals surface area contributed by atoms with Crippen LogP contribution in [0.25, 0.3) is 0 Å². The predicted molar refractivity (Wildman–Crippen MR) is 116 cm³/mol. The van der Waals surface area contributed by atoms with Crippen molar-refractivity contribution in [2.24, 2.45) is 0 Å². The molecule has 6 heteroatoms. The van der Waals surface area contributed by atoms with Crippen LogP contribution in [-0.2, 0) is 6.42 Å². The molecule has 0 unspecified atom stereocenters. The number of benzene rings is 2. The normalized spacial score (nSPS) is 14.1. The van der Waals surface area contributed by atoms with Crippen molar-refractivity contribution in [3.05, 3.63) is 77.7 Å². The molecular weight excluding hydrogens is 365 g/mol. The zero-order chi connectivity index (χ0) is 20.1. The highest BCUT2D eigenvalue weighted by molar-refractivity contribution is 5.49. The molecular formula is C23H26FN5. The standard InChI is InChI=1S/C23H26FN5/c1-18-17-22(25-12-11-19-7-9-20(24)10-8-19)27-23(26-18)29-15-13-28(14-16-29)21-5-3-2-4-6-21/h2-10,17H,11-16H2,1H3,(H,25,26,27). The van der Waals surface area contributed by atoms with Crippen LogP contribution in [-0.4, -0.2) is 42.7 Å². The third kappa shape index (κ3) is 5.02. The van der Waals surface area contributed by atoms with Crippen molar-refractivity contribution in [2.75, 3.05) is 47.8 Å². The minimum absolute atomic E-state index is 0.204. The van der Waals surface area contributed by atoms with E-state index in [1.807, 2.05) is 31.2 Å². The lowest BCUT2D eigenvalue weighted by atomic mass is 10.1. The summed E-state index contributed by atoms with van der Waals surface area (Å²) in [6, 6.07) is 19.1. The van der Waals surface area contributed by atoms with E-state index in [9.17, 15) is 4.39 Å². The van der Waals surface area contributed by atoms with Gasteiger partial charge in [0.25, 0.3) is 0 Å². The molecule has 4 rings (SSSR count). The van der Waals surface area contributed by atoms with Crippen LogP contribution >= 0.6 is 0 Å². The number of aryl methyl sites for hydroxylation is 1. The summed E-state index contributed by atoms with van der Waals surface area (Å²) in [4.78, 5) is 14.0. The van der Waals surface area contributed by atoms with Crippen molar-refractivity contribution in [1.82, 2.24) is 9.97 Å². The Kier molecular flexibility index (Phi) is 5.89. The van der Waals surface area contributed by atoms with Crippen LogP contribution in [0.15, 0.2) is 60.7 Å². The molecule has 0 saturated carbocycles. The Morgan fingerprint density at radius 2 is 1.59 bits per heavy atom. The summed E-state index contributed by atoms with van der Waals surface area (Å²) in [5, 5.41) is 3.38. The van der Waals surface area contributed by atoms with Crippen molar-refractivity contribution in [3.8, 4) is 0 Å². The molecule has 0 amide bonds. The summed E-state index contributed by atoms with van der Waals surface area (Å²) in [6.45, 7) is 6.43. The Balaban J connectivity index is 1.35. The van der Waals surface area contributed by atoms with E-state index >= 15 is 0 Å². The van der Waals surface area contributed by atoms with Gasteiger partial charge in [-0.15, -0.1) is 0 Å². The lowest BCUT2D eigenvalue weighted by Crippen LogP contribution is -2.47. The van der Waals surface area contributed by atoms with Crippen LogP contribution in [0.5, 0.6) is 0 Å². The van der Waals surface area contributed by atoms with Crippen molar-refractivity contribution < 1.29 is 4.39 Å². The lowest BCUT2D eigenvalue weighted by Gasteiger charge is -2.36. The van der Waals surface area contributed by atoms with Gasteiger partial charge in [-0.3, -0.25) is 0 Å². The smallest absolute Gasteiger partial charge is 0.227 e. The third-order valence-electron chi connectivity index (χ3n) is 5.16. The van der Waals surface area contributed by atoms with Crippen LogP contribution in [0.3, 0.4) is 0 Å². The number of para-hydroxylation sites is 1. The van der Waals surface area contributed by atoms with Gasteiger partial charge in [0.15, 0.2) is 0 Å². The topological polar surface area (TPSA) is 44.3 Å². The fraction of sp³-hybridized carbons (Fsp3) is 0.304. The van der Waals surface area contributed by atoms with Gasteiger partial charge < -0.3 is 15.1 Å². The maximum atomic E-state index is 13.0. The summed E-state index contributed by atoms with van der Waals surface area (Å²) < 4.78 is 13.0. The first-order chi connectivity index (χ1) is 14.2. The van der Waals surface area contributed by atoms with Gasteiger partial charge in [-0.05, 0) is 43.2 Å². The minimum Gasteiger partial charge on any atom is -0.370 e. The van der Waals surface area contributed by atoms with Gasteiger partial charge in [-0.2, -0.15) is 4.98 Å². The number of nitrogens with one attached hydrogen (secondary N) is 1. The molecule has 1 aliphatic rings. The van der Waals surface area contributed by atoms with Gasteiger partial charge in [-0.25, -0.2) is 9.37 Å². The first-order valence-electron chi connectivity index (χ1n) is 10.1. The fourth-order valence-electron chi connectivity index (χ4n) is 3.57. The van der Waals surface area contributed by atoms with Gasteiger partial charge in [-0.1, -0.05) is 30.3 Å². The highest BCUT2D eigenvalue weighted by Crippen LogP contribution is 2.19. The number of aromatic nitrogens is 2. The van der Waals surface area contributed by atoms with E-state index in [-0.39, 0.29) is 5.82 Å². The highest BCUT2D eigenvalue weighted by atomic mass is 19.1. The van der Waals surface area contributed by atoms with E-state index in [1.54, 1.807) is 0 Å². The quantitative estimate of drug-likeness (QED) is 0.690. The van der Waals surface area contributed by atoms with Crippen molar-refractivity contribution >= 4 is 17.5 Å².